The van der Waals surface area contributed by atoms with E-state index in [1.807, 2.05) is 24.4 Å². The zero-order valence-corrected chi connectivity index (χ0v) is 18.1. The first kappa shape index (κ1) is 19.4. The molecule has 0 heterocycles. The second-order valence-corrected chi connectivity index (χ2v) is 8.02. The average molecular weight is 444 g/mol. The molecule has 0 amide bonds. The van der Waals surface area contributed by atoms with Crippen molar-refractivity contribution in [2.75, 3.05) is 0 Å². The summed E-state index contributed by atoms with van der Waals surface area (Å²) in [5, 5.41) is 2.45. The Bertz CT molecular complexity index is 1190. The number of hydrogen-bond donors (Lipinski definition) is 0. The summed E-state index contributed by atoms with van der Waals surface area (Å²) in [6, 6.07) is 27.0. The lowest BCUT2D eigenvalue weighted by atomic mass is 10.1. The summed E-state index contributed by atoms with van der Waals surface area (Å²) in [6.45, 7) is 4.68. The van der Waals surface area contributed by atoms with Gasteiger partial charge in [-0.1, -0.05) is 54.6 Å². The third-order valence-electron chi connectivity index (χ3n) is 4.94. The van der Waals surface area contributed by atoms with Crippen molar-refractivity contribution < 1.29 is 4.74 Å². The fourth-order valence-electron chi connectivity index (χ4n) is 3.29. The van der Waals surface area contributed by atoms with Gasteiger partial charge in [-0.15, -0.1) is 0 Å². The van der Waals surface area contributed by atoms with Crippen LogP contribution in [-0.4, -0.2) is 6.21 Å². The van der Waals surface area contributed by atoms with Gasteiger partial charge in [-0.25, -0.2) is 0 Å². The van der Waals surface area contributed by atoms with Gasteiger partial charge in [0.25, 0.3) is 0 Å². The number of ether oxygens (including phenoxy) is 1. The molecule has 0 saturated heterocycles. The van der Waals surface area contributed by atoms with Gasteiger partial charge in [-0.2, -0.15) is 0 Å². The third kappa shape index (κ3) is 4.57. The molecule has 3 heteroatoms. The van der Waals surface area contributed by atoms with Crippen molar-refractivity contribution in [3.63, 3.8) is 0 Å². The highest BCUT2D eigenvalue weighted by Gasteiger charge is 2.05. The molecule has 0 aliphatic rings. The molecular weight excluding hydrogens is 422 g/mol. The third-order valence-corrected chi connectivity index (χ3v) is 5.56. The van der Waals surface area contributed by atoms with Crippen molar-refractivity contribution in [3.05, 3.63) is 106 Å². The minimum atomic E-state index is 0.524. The minimum Gasteiger partial charge on any atom is -0.488 e. The van der Waals surface area contributed by atoms with Crippen LogP contribution in [0.25, 0.3) is 10.8 Å². The van der Waals surface area contributed by atoms with Crippen LogP contribution in [0.2, 0.25) is 0 Å². The summed E-state index contributed by atoms with van der Waals surface area (Å²) in [4.78, 5) is 4.65. The van der Waals surface area contributed by atoms with E-state index in [4.69, 9.17) is 4.74 Å². The van der Waals surface area contributed by atoms with Gasteiger partial charge in [0, 0.05) is 6.21 Å². The molecule has 4 rings (SSSR count). The van der Waals surface area contributed by atoms with Gasteiger partial charge in [0.2, 0.25) is 0 Å². The summed E-state index contributed by atoms with van der Waals surface area (Å²) in [7, 11) is 0. The molecule has 4 aromatic carbocycles. The molecule has 29 heavy (non-hydrogen) atoms. The Balaban J connectivity index is 1.50. The van der Waals surface area contributed by atoms with Crippen LogP contribution in [0.3, 0.4) is 0 Å². The van der Waals surface area contributed by atoms with Crippen molar-refractivity contribution >= 4 is 38.6 Å². The van der Waals surface area contributed by atoms with Crippen molar-refractivity contribution in [2.24, 2.45) is 4.99 Å². The molecule has 0 spiro atoms. The molecule has 0 unspecified atom stereocenters. The molecule has 2 nitrogen and oxygen atoms in total. The Morgan fingerprint density at radius 1 is 0.897 bits per heavy atom. The number of aliphatic imine (C=N–C) groups is 1. The highest BCUT2D eigenvalue weighted by molar-refractivity contribution is 9.10. The molecule has 0 radical (unpaired) electrons. The number of benzene rings is 4. The SMILES string of the molecule is Cc1ccc(C)c(N=Cc2ccc(OCc3cccc4ccccc34)c(Br)c2)c1. The first-order valence-corrected chi connectivity index (χ1v) is 10.4. The van der Waals surface area contributed by atoms with Gasteiger partial charge < -0.3 is 4.74 Å². The van der Waals surface area contributed by atoms with Crippen LogP contribution < -0.4 is 4.74 Å². The van der Waals surface area contributed by atoms with Crippen LogP contribution in [0.1, 0.15) is 22.3 Å². The molecule has 0 fully saturated rings. The summed E-state index contributed by atoms with van der Waals surface area (Å²) in [5.41, 5.74) is 5.57. The van der Waals surface area contributed by atoms with Gasteiger partial charge in [-0.05, 0) is 87.1 Å². The maximum atomic E-state index is 6.09. The Kier molecular flexibility index (Phi) is 5.77. The number of fused-ring (bicyclic) bond motifs is 1. The van der Waals surface area contributed by atoms with Crippen molar-refractivity contribution in [1.82, 2.24) is 0 Å². The zero-order valence-electron chi connectivity index (χ0n) is 16.5. The lowest BCUT2D eigenvalue weighted by Gasteiger charge is -2.11. The second-order valence-electron chi connectivity index (χ2n) is 7.16. The standard InChI is InChI=1S/C26H22BrNO/c1-18-10-11-19(2)25(14-18)28-16-20-12-13-26(24(27)15-20)29-17-22-8-5-7-21-6-3-4-9-23(21)22/h3-16H,17H2,1-2H3. The Hall–Kier alpha value is -2.91. The first-order chi connectivity index (χ1) is 14.1. The quantitative estimate of drug-likeness (QED) is 0.291. The maximum Gasteiger partial charge on any atom is 0.134 e. The maximum absolute atomic E-state index is 6.09. The average Bonchev–Trinajstić information content (AvgIpc) is 2.73. The number of nitrogens with zero attached hydrogens (tertiary/aromatic N) is 1. The van der Waals surface area contributed by atoms with E-state index in [0.717, 1.165) is 21.5 Å². The summed E-state index contributed by atoms with van der Waals surface area (Å²) in [5.74, 6) is 0.821. The van der Waals surface area contributed by atoms with Crippen LogP contribution in [0, 0.1) is 13.8 Å². The van der Waals surface area contributed by atoms with E-state index in [9.17, 15) is 0 Å². The van der Waals surface area contributed by atoms with Crippen LogP contribution >= 0.6 is 15.9 Å². The number of rotatable bonds is 5. The largest absolute Gasteiger partial charge is 0.488 e. The molecule has 0 bridgehead atoms. The number of aryl methyl sites for hydroxylation is 2. The van der Waals surface area contributed by atoms with Crippen LogP contribution in [0.5, 0.6) is 5.75 Å². The van der Waals surface area contributed by atoms with Crippen LogP contribution in [0.15, 0.2) is 88.3 Å². The van der Waals surface area contributed by atoms with Gasteiger partial charge in [0.1, 0.15) is 12.4 Å². The molecule has 0 atom stereocenters. The topological polar surface area (TPSA) is 21.6 Å². The van der Waals surface area contributed by atoms with E-state index in [1.165, 1.54) is 27.5 Å². The minimum absolute atomic E-state index is 0.524. The van der Waals surface area contributed by atoms with Crippen molar-refractivity contribution in [2.45, 2.75) is 20.5 Å². The number of halogens is 1. The molecule has 0 aliphatic carbocycles. The Labute approximate surface area is 180 Å². The highest BCUT2D eigenvalue weighted by Crippen LogP contribution is 2.28. The van der Waals surface area contributed by atoms with Crippen molar-refractivity contribution in [1.29, 1.82) is 0 Å². The monoisotopic (exact) mass is 443 g/mol. The van der Waals surface area contributed by atoms with E-state index in [2.05, 4.69) is 95.4 Å². The normalized spacial score (nSPS) is 11.3. The summed E-state index contributed by atoms with van der Waals surface area (Å²) >= 11 is 3.64. The molecule has 0 saturated carbocycles. The van der Waals surface area contributed by atoms with E-state index in [0.29, 0.717) is 6.61 Å². The summed E-state index contributed by atoms with van der Waals surface area (Å²) in [6.07, 6.45) is 1.89. The van der Waals surface area contributed by atoms with Gasteiger partial charge >= 0.3 is 0 Å². The van der Waals surface area contributed by atoms with Crippen LogP contribution in [0.4, 0.5) is 5.69 Å². The molecule has 144 valence electrons. The van der Waals surface area contributed by atoms with Crippen molar-refractivity contribution in [3.8, 4) is 5.75 Å². The molecule has 0 aliphatic heterocycles. The lowest BCUT2D eigenvalue weighted by Crippen LogP contribution is -1.97. The number of hydrogen-bond acceptors (Lipinski definition) is 2. The highest BCUT2D eigenvalue weighted by atomic mass is 79.9. The molecule has 4 aromatic rings. The Morgan fingerprint density at radius 2 is 1.72 bits per heavy atom. The predicted octanol–water partition coefficient (Wildman–Crippen LogP) is 7.55. The van der Waals surface area contributed by atoms with Gasteiger partial charge in [0.15, 0.2) is 0 Å². The van der Waals surface area contributed by atoms with E-state index in [-0.39, 0.29) is 0 Å². The first-order valence-electron chi connectivity index (χ1n) is 9.60. The lowest BCUT2D eigenvalue weighted by molar-refractivity contribution is 0.305. The molecule has 0 N–H and O–H groups in total. The molecule has 0 aromatic heterocycles. The van der Waals surface area contributed by atoms with E-state index in [1.54, 1.807) is 0 Å². The van der Waals surface area contributed by atoms with Crippen LogP contribution in [-0.2, 0) is 6.61 Å². The smallest absolute Gasteiger partial charge is 0.134 e. The summed E-state index contributed by atoms with van der Waals surface area (Å²) < 4.78 is 7.01. The van der Waals surface area contributed by atoms with E-state index >= 15 is 0 Å². The Morgan fingerprint density at radius 3 is 2.59 bits per heavy atom. The molecular formula is C26H22BrNO. The zero-order chi connectivity index (χ0) is 20.2. The fourth-order valence-corrected chi connectivity index (χ4v) is 3.80. The fraction of sp³-hybridized carbons (Fsp3) is 0.115. The van der Waals surface area contributed by atoms with Gasteiger partial charge in [-0.3, -0.25) is 4.99 Å². The van der Waals surface area contributed by atoms with Gasteiger partial charge in [0.05, 0.1) is 10.2 Å². The predicted molar refractivity (Wildman–Crippen MR) is 126 cm³/mol. The van der Waals surface area contributed by atoms with E-state index < -0.39 is 0 Å². The second kappa shape index (κ2) is 8.62.